The maximum Gasteiger partial charge on any atom is 0.264 e. The van der Waals surface area contributed by atoms with E-state index in [1.54, 1.807) is 24.3 Å². The van der Waals surface area contributed by atoms with Gasteiger partial charge < -0.3 is 15.0 Å². The van der Waals surface area contributed by atoms with Crippen molar-refractivity contribution in [1.82, 2.24) is 10.2 Å². The molecule has 0 saturated carbocycles. The summed E-state index contributed by atoms with van der Waals surface area (Å²) in [5, 5.41) is 3.41. The fraction of sp³-hybridized carbons (Fsp3) is 0.278. The van der Waals surface area contributed by atoms with Crippen molar-refractivity contribution in [1.29, 1.82) is 0 Å². The molecule has 10 heteroatoms. The zero-order valence-electron chi connectivity index (χ0n) is 26.5. The van der Waals surface area contributed by atoms with Crippen LogP contribution < -0.4 is 14.4 Å². The zero-order chi connectivity index (χ0) is 33.3. The standard InChI is InChI=1S/C36H40ClN3O5S/c1-5-45-31-20-18-30(19-21-31)40(46(43,44)32-22-16-29(37)17-23-32)26-34(41)39(25-28-14-10-7-11-15-28)33(35(42)38-36(2,3)4)24-27-12-8-6-9-13-27/h6-23,33H,5,24-26H2,1-4H3,(H,38,42)/t33-/m0/s1. The van der Waals surface area contributed by atoms with Gasteiger partial charge in [0.15, 0.2) is 0 Å². The molecule has 8 nitrogen and oxygen atoms in total. The summed E-state index contributed by atoms with van der Waals surface area (Å²) >= 11 is 6.06. The molecule has 0 aliphatic carbocycles. The topological polar surface area (TPSA) is 96.0 Å². The predicted octanol–water partition coefficient (Wildman–Crippen LogP) is 6.49. The number of nitrogens with zero attached hydrogens (tertiary/aromatic N) is 2. The Hall–Kier alpha value is -4.34. The summed E-state index contributed by atoms with van der Waals surface area (Å²) in [4.78, 5) is 29.9. The van der Waals surface area contributed by atoms with Gasteiger partial charge in [0.2, 0.25) is 11.8 Å². The molecule has 4 aromatic carbocycles. The first kappa shape index (κ1) is 34.5. The van der Waals surface area contributed by atoms with E-state index in [9.17, 15) is 18.0 Å². The average molecular weight is 662 g/mol. The van der Waals surface area contributed by atoms with Gasteiger partial charge in [-0.15, -0.1) is 0 Å². The molecule has 1 atom stereocenters. The number of amides is 2. The van der Waals surface area contributed by atoms with Crippen molar-refractivity contribution in [3.05, 3.63) is 125 Å². The Morgan fingerprint density at radius 3 is 1.93 bits per heavy atom. The Morgan fingerprint density at radius 2 is 1.39 bits per heavy atom. The predicted molar refractivity (Wildman–Crippen MR) is 182 cm³/mol. The number of nitrogens with one attached hydrogen (secondary N) is 1. The lowest BCUT2D eigenvalue weighted by atomic mass is 10.0. The number of ether oxygens (including phenoxy) is 1. The number of hydrogen-bond donors (Lipinski definition) is 1. The molecule has 4 rings (SSSR count). The van der Waals surface area contributed by atoms with Crippen LogP contribution in [0.5, 0.6) is 5.75 Å². The molecule has 0 unspecified atom stereocenters. The third kappa shape index (κ3) is 9.34. The van der Waals surface area contributed by atoms with Gasteiger partial charge in [-0.05, 0) is 87.4 Å². The van der Waals surface area contributed by atoms with E-state index in [1.807, 2.05) is 88.4 Å². The molecule has 0 spiro atoms. The van der Waals surface area contributed by atoms with Gasteiger partial charge in [-0.25, -0.2) is 8.42 Å². The highest BCUT2D eigenvalue weighted by Gasteiger charge is 2.35. The Kier molecular flexibility index (Phi) is 11.5. The number of benzene rings is 4. The molecule has 0 aliphatic heterocycles. The van der Waals surface area contributed by atoms with Crippen LogP contribution >= 0.6 is 11.6 Å². The van der Waals surface area contributed by atoms with Gasteiger partial charge in [-0.3, -0.25) is 13.9 Å². The first-order valence-electron chi connectivity index (χ1n) is 15.1. The van der Waals surface area contributed by atoms with E-state index in [4.69, 9.17) is 16.3 Å². The lowest BCUT2D eigenvalue weighted by molar-refractivity contribution is -0.140. The minimum absolute atomic E-state index is 0.0282. The summed E-state index contributed by atoms with van der Waals surface area (Å²) in [7, 11) is -4.25. The van der Waals surface area contributed by atoms with E-state index in [2.05, 4.69) is 5.32 Å². The zero-order valence-corrected chi connectivity index (χ0v) is 28.1. The number of hydrogen-bond acceptors (Lipinski definition) is 5. The first-order chi connectivity index (χ1) is 21.9. The Bertz CT molecular complexity index is 1690. The molecule has 46 heavy (non-hydrogen) atoms. The fourth-order valence-electron chi connectivity index (χ4n) is 4.92. The van der Waals surface area contributed by atoms with Crippen LogP contribution in [0, 0.1) is 0 Å². The van der Waals surface area contributed by atoms with Crippen molar-refractivity contribution >= 4 is 39.1 Å². The quantitative estimate of drug-likeness (QED) is 0.177. The number of carbonyl (C=O) groups is 2. The van der Waals surface area contributed by atoms with Crippen molar-refractivity contribution in [2.75, 3.05) is 17.5 Å². The lowest BCUT2D eigenvalue weighted by Gasteiger charge is -2.35. The van der Waals surface area contributed by atoms with Crippen molar-refractivity contribution in [3.8, 4) is 5.75 Å². The third-order valence-corrected chi connectivity index (χ3v) is 9.12. The van der Waals surface area contributed by atoms with Crippen LogP contribution in [0.1, 0.15) is 38.8 Å². The molecular formula is C36H40ClN3O5S. The van der Waals surface area contributed by atoms with E-state index in [0.29, 0.717) is 17.4 Å². The summed E-state index contributed by atoms with van der Waals surface area (Å²) in [6, 6.07) is 30.1. The van der Waals surface area contributed by atoms with E-state index in [1.165, 1.54) is 29.2 Å². The largest absolute Gasteiger partial charge is 0.494 e. The van der Waals surface area contributed by atoms with E-state index < -0.39 is 34.1 Å². The third-order valence-electron chi connectivity index (χ3n) is 7.08. The Balaban J connectivity index is 1.80. The number of rotatable bonds is 13. The summed E-state index contributed by atoms with van der Waals surface area (Å²) in [5.41, 5.74) is 1.36. The molecule has 0 heterocycles. The fourth-order valence-corrected chi connectivity index (χ4v) is 6.46. The molecule has 0 fully saturated rings. The second-order valence-electron chi connectivity index (χ2n) is 11.8. The number of halogens is 1. The molecule has 0 aromatic heterocycles. The molecular weight excluding hydrogens is 622 g/mol. The van der Waals surface area contributed by atoms with E-state index >= 15 is 0 Å². The van der Waals surface area contributed by atoms with Crippen LogP contribution in [0.25, 0.3) is 0 Å². The molecule has 1 N–H and O–H groups in total. The number of carbonyl (C=O) groups excluding carboxylic acids is 2. The summed E-state index contributed by atoms with van der Waals surface area (Å²) in [5.74, 6) is -0.317. The van der Waals surface area contributed by atoms with Crippen molar-refractivity contribution in [2.45, 2.75) is 57.1 Å². The van der Waals surface area contributed by atoms with Crippen LogP contribution in [0.3, 0.4) is 0 Å². The highest BCUT2D eigenvalue weighted by molar-refractivity contribution is 7.92. The molecule has 2 amide bonds. The maximum atomic E-state index is 14.5. The molecule has 0 radical (unpaired) electrons. The summed E-state index contributed by atoms with van der Waals surface area (Å²) in [6.07, 6.45) is 0.230. The summed E-state index contributed by atoms with van der Waals surface area (Å²) in [6.45, 7) is 7.46. The normalized spacial score (nSPS) is 12.2. The molecule has 0 aliphatic rings. The van der Waals surface area contributed by atoms with E-state index in [-0.39, 0.29) is 29.5 Å². The highest BCUT2D eigenvalue weighted by atomic mass is 35.5. The molecule has 0 saturated heterocycles. The van der Waals surface area contributed by atoms with Crippen LogP contribution in [0.2, 0.25) is 5.02 Å². The monoisotopic (exact) mass is 661 g/mol. The van der Waals surface area contributed by atoms with Crippen molar-refractivity contribution < 1.29 is 22.7 Å². The number of sulfonamides is 1. The number of anilines is 1. The van der Waals surface area contributed by atoms with Gasteiger partial charge in [-0.1, -0.05) is 72.3 Å². The average Bonchev–Trinajstić information content (AvgIpc) is 3.02. The van der Waals surface area contributed by atoms with Crippen LogP contribution in [-0.4, -0.2) is 49.9 Å². The Labute approximate surface area is 277 Å². The van der Waals surface area contributed by atoms with E-state index in [0.717, 1.165) is 15.4 Å². The smallest absolute Gasteiger partial charge is 0.264 e. The minimum Gasteiger partial charge on any atom is -0.494 e. The first-order valence-corrected chi connectivity index (χ1v) is 16.9. The minimum atomic E-state index is -4.25. The second-order valence-corrected chi connectivity index (χ2v) is 14.1. The SMILES string of the molecule is CCOc1ccc(N(CC(=O)N(Cc2ccccc2)[C@@H](Cc2ccccc2)C(=O)NC(C)(C)C)S(=O)(=O)c2ccc(Cl)cc2)cc1. The van der Waals surface area contributed by atoms with Crippen molar-refractivity contribution in [3.63, 3.8) is 0 Å². The van der Waals surface area contributed by atoms with Gasteiger partial charge in [0.25, 0.3) is 10.0 Å². The van der Waals surface area contributed by atoms with Gasteiger partial charge in [0, 0.05) is 23.5 Å². The molecule has 4 aromatic rings. The van der Waals surface area contributed by atoms with Gasteiger partial charge in [0.1, 0.15) is 18.3 Å². The van der Waals surface area contributed by atoms with Gasteiger partial charge in [0.05, 0.1) is 17.2 Å². The van der Waals surface area contributed by atoms with Gasteiger partial charge >= 0.3 is 0 Å². The van der Waals surface area contributed by atoms with Crippen LogP contribution in [0.15, 0.2) is 114 Å². The van der Waals surface area contributed by atoms with Crippen LogP contribution in [0.4, 0.5) is 5.69 Å². The van der Waals surface area contributed by atoms with Gasteiger partial charge in [-0.2, -0.15) is 0 Å². The molecule has 0 bridgehead atoms. The Morgan fingerprint density at radius 1 is 0.826 bits per heavy atom. The van der Waals surface area contributed by atoms with Crippen molar-refractivity contribution in [2.24, 2.45) is 0 Å². The maximum absolute atomic E-state index is 14.5. The second kappa shape index (κ2) is 15.3. The molecule has 242 valence electrons. The summed E-state index contributed by atoms with van der Waals surface area (Å²) < 4.78 is 34.9. The highest BCUT2D eigenvalue weighted by Crippen LogP contribution is 2.28. The van der Waals surface area contributed by atoms with Crippen LogP contribution in [-0.2, 0) is 32.6 Å². The lowest BCUT2D eigenvalue weighted by Crippen LogP contribution is -2.56.